The molecule has 2 aliphatic heterocycles. The first kappa shape index (κ1) is 16.6. The van der Waals surface area contributed by atoms with Crippen LogP contribution in [0.25, 0.3) is 0 Å². The fourth-order valence-corrected chi connectivity index (χ4v) is 3.82. The quantitative estimate of drug-likeness (QED) is 0.838. The first-order valence-electron chi connectivity index (χ1n) is 9.07. The highest BCUT2D eigenvalue weighted by molar-refractivity contribution is 5.10. The summed E-state index contributed by atoms with van der Waals surface area (Å²) in [6.07, 6.45) is 10.8. The smallest absolute Gasteiger partial charge is 0.0840 e. The molecule has 132 valence electrons. The van der Waals surface area contributed by atoms with Gasteiger partial charge >= 0.3 is 0 Å². The van der Waals surface area contributed by atoms with Crippen molar-refractivity contribution in [2.75, 3.05) is 19.7 Å². The molecule has 0 saturated carbocycles. The van der Waals surface area contributed by atoms with E-state index in [-0.39, 0.29) is 11.7 Å². The van der Waals surface area contributed by atoms with Crippen molar-refractivity contribution in [1.82, 2.24) is 14.9 Å². The number of ether oxygens (including phenoxy) is 2. The summed E-state index contributed by atoms with van der Waals surface area (Å²) >= 11 is 0. The average Bonchev–Trinajstić information content (AvgIpc) is 3.07. The molecule has 0 N–H and O–H groups in total. The minimum absolute atomic E-state index is 0.0222. The highest BCUT2D eigenvalue weighted by atomic mass is 16.6. The SMILES string of the molecule is c1cncc(CO[C@@H]2COC3(CCN(Cc4ccncc4)CC3)C2)c1. The first-order chi connectivity index (χ1) is 12.3. The predicted molar refractivity (Wildman–Crippen MR) is 94.9 cm³/mol. The van der Waals surface area contributed by atoms with Crippen LogP contribution < -0.4 is 0 Å². The molecule has 2 saturated heterocycles. The average molecular weight is 339 g/mol. The summed E-state index contributed by atoms with van der Waals surface area (Å²) in [5.41, 5.74) is 2.47. The molecule has 4 heterocycles. The maximum atomic E-state index is 6.20. The summed E-state index contributed by atoms with van der Waals surface area (Å²) in [6, 6.07) is 8.19. The number of hydrogen-bond acceptors (Lipinski definition) is 5. The van der Waals surface area contributed by atoms with E-state index in [0.29, 0.717) is 13.2 Å². The van der Waals surface area contributed by atoms with Gasteiger partial charge in [-0.1, -0.05) is 6.07 Å². The van der Waals surface area contributed by atoms with Crippen molar-refractivity contribution in [3.63, 3.8) is 0 Å². The Morgan fingerprint density at radius 3 is 2.68 bits per heavy atom. The molecule has 0 amide bonds. The molecule has 0 aromatic carbocycles. The molecule has 2 aromatic rings. The van der Waals surface area contributed by atoms with Gasteiger partial charge in [0.25, 0.3) is 0 Å². The van der Waals surface area contributed by atoms with Crippen LogP contribution in [0.15, 0.2) is 49.1 Å². The number of rotatable bonds is 5. The normalized spacial score (nSPS) is 23.1. The van der Waals surface area contributed by atoms with E-state index in [9.17, 15) is 0 Å². The molecule has 1 spiro atoms. The van der Waals surface area contributed by atoms with E-state index in [4.69, 9.17) is 9.47 Å². The van der Waals surface area contributed by atoms with Gasteiger partial charge in [0, 0.05) is 50.8 Å². The van der Waals surface area contributed by atoms with E-state index < -0.39 is 0 Å². The minimum Gasteiger partial charge on any atom is -0.372 e. The molecule has 5 heteroatoms. The standard InChI is InChI=1S/C20H25N3O2/c1-2-18(13-22-7-1)15-24-19-12-20(25-16-19)5-10-23(11-6-20)14-17-3-8-21-9-4-17/h1-4,7-9,13,19H,5-6,10-12,14-16H2/t19-/m0/s1. The second-order valence-electron chi connectivity index (χ2n) is 7.12. The van der Waals surface area contributed by atoms with Crippen molar-refractivity contribution in [3.8, 4) is 0 Å². The van der Waals surface area contributed by atoms with Gasteiger partial charge in [0.05, 0.1) is 24.9 Å². The second kappa shape index (κ2) is 7.60. The van der Waals surface area contributed by atoms with Crippen molar-refractivity contribution in [1.29, 1.82) is 0 Å². The lowest BCUT2D eigenvalue weighted by molar-refractivity contribution is -0.0468. The zero-order valence-electron chi connectivity index (χ0n) is 14.5. The molecule has 4 rings (SSSR count). The molecule has 0 bridgehead atoms. The minimum atomic E-state index is 0.0222. The third-order valence-electron chi connectivity index (χ3n) is 5.31. The summed E-state index contributed by atoms with van der Waals surface area (Å²) < 4.78 is 12.3. The molecule has 2 aliphatic rings. The fraction of sp³-hybridized carbons (Fsp3) is 0.500. The van der Waals surface area contributed by atoms with Gasteiger partial charge in [0.2, 0.25) is 0 Å². The van der Waals surface area contributed by atoms with Gasteiger partial charge in [0.1, 0.15) is 0 Å². The number of aromatic nitrogens is 2. The first-order valence-corrected chi connectivity index (χ1v) is 9.07. The molecular formula is C20H25N3O2. The Hall–Kier alpha value is -1.82. The highest BCUT2D eigenvalue weighted by Crippen LogP contribution is 2.37. The number of likely N-dealkylation sites (tertiary alicyclic amines) is 1. The molecule has 0 radical (unpaired) electrons. The van der Waals surface area contributed by atoms with Crippen LogP contribution in [0.2, 0.25) is 0 Å². The zero-order chi connectivity index (χ0) is 17.0. The molecule has 2 fully saturated rings. The van der Waals surface area contributed by atoms with Crippen molar-refractivity contribution in [3.05, 3.63) is 60.2 Å². The van der Waals surface area contributed by atoms with Gasteiger partial charge in [-0.15, -0.1) is 0 Å². The lowest BCUT2D eigenvalue weighted by Gasteiger charge is -2.38. The van der Waals surface area contributed by atoms with Crippen LogP contribution in [0.4, 0.5) is 0 Å². The van der Waals surface area contributed by atoms with E-state index >= 15 is 0 Å². The third kappa shape index (κ3) is 4.24. The fourth-order valence-electron chi connectivity index (χ4n) is 3.82. The number of hydrogen-bond donors (Lipinski definition) is 0. The summed E-state index contributed by atoms with van der Waals surface area (Å²) in [4.78, 5) is 10.7. The Kier molecular flexibility index (Phi) is 5.06. The van der Waals surface area contributed by atoms with Gasteiger partial charge in [-0.05, 0) is 42.2 Å². The molecule has 25 heavy (non-hydrogen) atoms. The summed E-state index contributed by atoms with van der Waals surface area (Å²) in [7, 11) is 0. The number of piperidine rings is 1. The van der Waals surface area contributed by atoms with Gasteiger partial charge in [-0.2, -0.15) is 0 Å². The van der Waals surface area contributed by atoms with Crippen molar-refractivity contribution in [2.24, 2.45) is 0 Å². The zero-order valence-corrected chi connectivity index (χ0v) is 14.5. The third-order valence-corrected chi connectivity index (χ3v) is 5.31. The summed E-state index contributed by atoms with van der Waals surface area (Å²) in [5, 5.41) is 0. The topological polar surface area (TPSA) is 47.5 Å². The van der Waals surface area contributed by atoms with Crippen LogP contribution in [0.5, 0.6) is 0 Å². The van der Waals surface area contributed by atoms with Crippen LogP contribution in [-0.2, 0) is 22.6 Å². The Morgan fingerprint density at radius 2 is 1.92 bits per heavy atom. The Labute approximate surface area is 149 Å². The van der Waals surface area contributed by atoms with Crippen molar-refractivity contribution >= 4 is 0 Å². The van der Waals surface area contributed by atoms with Crippen LogP contribution in [0.1, 0.15) is 30.4 Å². The van der Waals surface area contributed by atoms with Crippen LogP contribution >= 0.6 is 0 Å². The van der Waals surface area contributed by atoms with E-state index in [1.165, 1.54) is 5.56 Å². The number of nitrogens with zero attached hydrogens (tertiary/aromatic N) is 3. The molecule has 5 nitrogen and oxygen atoms in total. The van der Waals surface area contributed by atoms with Crippen LogP contribution in [0, 0.1) is 0 Å². The van der Waals surface area contributed by atoms with Gasteiger partial charge in [0.15, 0.2) is 0 Å². The maximum absolute atomic E-state index is 6.20. The van der Waals surface area contributed by atoms with E-state index in [1.807, 2.05) is 24.7 Å². The van der Waals surface area contributed by atoms with Crippen LogP contribution in [-0.4, -0.2) is 46.3 Å². The number of pyridine rings is 2. The Balaban J connectivity index is 1.24. The highest BCUT2D eigenvalue weighted by Gasteiger charge is 2.43. The van der Waals surface area contributed by atoms with Gasteiger partial charge in [-0.3, -0.25) is 14.9 Å². The second-order valence-corrected chi connectivity index (χ2v) is 7.12. The maximum Gasteiger partial charge on any atom is 0.0840 e. The summed E-state index contributed by atoms with van der Waals surface area (Å²) in [5.74, 6) is 0. The van der Waals surface area contributed by atoms with Crippen LogP contribution in [0.3, 0.4) is 0 Å². The molecular weight excluding hydrogens is 314 g/mol. The van der Waals surface area contributed by atoms with Gasteiger partial charge < -0.3 is 9.47 Å². The molecule has 1 atom stereocenters. The van der Waals surface area contributed by atoms with E-state index in [0.717, 1.165) is 44.5 Å². The van der Waals surface area contributed by atoms with E-state index in [1.54, 1.807) is 6.20 Å². The van der Waals surface area contributed by atoms with Crippen molar-refractivity contribution in [2.45, 2.75) is 44.1 Å². The Bertz CT molecular complexity index is 657. The Morgan fingerprint density at radius 1 is 1.08 bits per heavy atom. The largest absolute Gasteiger partial charge is 0.372 e. The van der Waals surface area contributed by atoms with E-state index in [2.05, 4.69) is 33.1 Å². The summed E-state index contributed by atoms with van der Waals surface area (Å²) in [6.45, 7) is 4.49. The molecule has 2 aromatic heterocycles. The lowest BCUT2D eigenvalue weighted by Crippen LogP contribution is -2.43. The van der Waals surface area contributed by atoms with Gasteiger partial charge in [-0.25, -0.2) is 0 Å². The molecule has 0 unspecified atom stereocenters. The monoisotopic (exact) mass is 339 g/mol. The van der Waals surface area contributed by atoms with Crippen molar-refractivity contribution < 1.29 is 9.47 Å². The molecule has 0 aliphatic carbocycles. The predicted octanol–water partition coefficient (Wildman–Crippen LogP) is 2.82. The lowest BCUT2D eigenvalue weighted by atomic mass is 9.88.